The predicted octanol–water partition coefficient (Wildman–Crippen LogP) is 2.02. The molecule has 0 atom stereocenters. The standard InChI is InChI=1S/C13H15N3O3S2/c1-19-11-6-5-8(7-9(11)14)21(17,18)16-13-15-10-3-2-4-12(10)20-13/h5-7H,2-4,14H2,1H3,(H,15,16). The van der Waals surface area contributed by atoms with Crippen LogP contribution in [0.5, 0.6) is 5.75 Å². The van der Waals surface area contributed by atoms with Crippen LogP contribution in [-0.2, 0) is 22.9 Å². The predicted molar refractivity (Wildman–Crippen MR) is 82.4 cm³/mol. The summed E-state index contributed by atoms with van der Waals surface area (Å²) in [7, 11) is -2.20. The zero-order valence-corrected chi connectivity index (χ0v) is 13.1. The van der Waals surface area contributed by atoms with Crippen LogP contribution >= 0.6 is 11.3 Å². The smallest absolute Gasteiger partial charge is 0.263 e. The molecule has 0 spiro atoms. The molecule has 6 nitrogen and oxygen atoms in total. The van der Waals surface area contributed by atoms with Crippen LogP contribution in [-0.4, -0.2) is 20.5 Å². The first kappa shape index (κ1) is 14.2. The summed E-state index contributed by atoms with van der Waals surface area (Å²) in [5.41, 5.74) is 7.04. The zero-order valence-electron chi connectivity index (χ0n) is 11.4. The molecular formula is C13H15N3O3S2. The molecule has 112 valence electrons. The maximum Gasteiger partial charge on any atom is 0.263 e. The van der Waals surface area contributed by atoms with E-state index in [-0.39, 0.29) is 10.6 Å². The van der Waals surface area contributed by atoms with Gasteiger partial charge in [0, 0.05) is 4.88 Å². The summed E-state index contributed by atoms with van der Waals surface area (Å²) in [6.45, 7) is 0. The van der Waals surface area contributed by atoms with Crippen LogP contribution in [0.25, 0.3) is 0 Å². The van der Waals surface area contributed by atoms with E-state index in [0.717, 1.165) is 25.0 Å². The van der Waals surface area contributed by atoms with Gasteiger partial charge in [0.25, 0.3) is 10.0 Å². The van der Waals surface area contributed by atoms with Crippen molar-refractivity contribution in [2.24, 2.45) is 0 Å². The molecule has 0 saturated heterocycles. The van der Waals surface area contributed by atoms with Crippen LogP contribution in [0, 0.1) is 0 Å². The molecule has 1 aromatic carbocycles. The third-order valence-electron chi connectivity index (χ3n) is 3.33. The van der Waals surface area contributed by atoms with Crippen molar-refractivity contribution < 1.29 is 13.2 Å². The molecule has 0 bridgehead atoms. The topological polar surface area (TPSA) is 94.3 Å². The lowest BCUT2D eigenvalue weighted by molar-refractivity contribution is 0.416. The summed E-state index contributed by atoms with van der Waals surface area (Å²) in [5, 5.41) is 0.411. The van der Waals surface area contributed by atoms with Gasteiger partial charge in [-0.3, -0.25) is 4.72 Å². The largest absolute Gasteiger partial charge is 0.495 e. The normalized spacial score (nSPS) is 14.0. The van der Waals surface area contributed by atoms with Crippen LogP contribution in [0.2, 0.25) is 0 Å². The Morgan fingerprint density at radius 1 is 1.38 bits per heavy atom. The van der Waals surface area contributed by atoms with Crippen molar-refractivity contribution in [3.05, 3.63) is 28.8 Å². The van der Waals surface area contributed by atoms with Crippen molar-refractivity contribution >= 4 is 32.2 Å². The number of rotatable bonds is 4. The third-order valence-corrected chi connectivity index (χ3v) is 5.87. The number of hydrogen-bond acceptors (Lipinski definition) is 6. The van der Waals surface area contributed by atoms with E-state index in [9.17, 15) is 8.42 Å². The van der Waals surface area contributed by atoms with Gasteiger partial charge in [-0.25, -0.2) is 13.4 Å². The Labute approximate surface area is 127 Å². The first-order valence-corrected chi connectivity index (χ1v) is 8.74. The monoisotopic (exact) mass is 325 g/mol. The molecule has 21 heavy (non-hydrogen) atoms. The lowest BCUT2D eigenvalue weighted by atomic mass is 10.3. The molecule has 2 aromatic rings. The van der Waals surface area contributed by atoms with E-state index in [0.29, 0.717) is 10.9 Å². The molecule has 0 unspecified atom stereocenters. The summed E-state index contributed by atoms with van der Waals surface area (Å²) < 4.78 is 32.2. The number of nitrogens with one attached hydrogen (secondary N) is 1. The number of anilines is 2. The van der Waals surface area contributed by atoms with Gasteiger partial charge >= 0.3 is 0 Å². The second-order valence-corrected chi connectivity index (χ2v) is 7.52. The molecule has 1 aromatic heterocycles. The van der Waals surface area contributed by atoms with Gasteiger partial charge in [-0.05, 0) is 37.5 Å². The SMILES string of the molecule is COc1ccc(S(=O)(=O)Nc2nc3c(s2)CCC3)cc1N. The van der Waals surface area contributed by atoms with E-state index in [1.807, 2.05) is 0 Å². The number of thiazole rings is 1. The van der Waals surface area contributed by atoms with Gasteiger partial charge in [0.1, 0.15) is 5.75 Å². The highest BCUT2D eigenvalue weighted by atomic mass is 32.2. The molecule has 0 aliphatic heterocycles. The molecule has 8 heteroatoms. The van der Waals surface area contributed by atoms with E-state index in [1.165, 1.54) is 41.5 Å². The fourth-order valence-electron chi connectivity index (χ4n) is 2.29. The number of fused-ring (bicyclic) bond motifs is 1. The summed E-state index contributed by atoms with van der Waals surface area (Å²) in [5.74, 6) is 0.446. The Balaban J connectivity index is 1.87. The van der Waals surface area contributed by atoms with Crippen LogP contribution in [0.1, 0.15) is 17.0 Å². The lowest BCUT2D eigenvalue weighted by Crippen LogP contribution is -2.13. The zero-order chi connectivity index (χ0) is 15.0. The first-order chi connectivity index (χ1) is 9.99. The number of nitrogens with two attached hydrogens (primary N) is 1. The van der Waals surface area contributed by atoms with Crippen molar-refractivity contribution in [1.29, 1.82) is 0 Å². The van der Waals surface area contributed by atoms with Crippen LogP contribution < -0.4 is 15.2 Å². The average Bonchev–Trinajstić information content (AvgIpc) is 2.99. The maximum atomic E-state index is 12.3. The average molecular weight is 325 g/mol. The van der Waals surface area contributed by atoms with Crippen molar-refractivity contribution in [2.45, 2.75) is 24.2 Å². The number of aryl methyl sites for hydroxylation is 2. The summed E-state index contributed by atoms with van der Waals surface area (Å²) in [4.78, 5) is 5.59. The minimum absolute atomic E-state index is 0.0937. The van der Waals surface area contributed by atoms with Gasteiger partial charge in [0.2, 0.25) is 0 Å². The minimum Gasteiger partial charge on any atom is -0.495 e. The second-order valence-electron chi connectivity index (χ2n) is 4.75. The number of sulfonamides is 1. The van der Waals surface area contributed by atoms with E-state index < -0.39 is 10.0 Å². The maximum absolute atomic E-state index is 12.3. The van der Waals surface area contributed by atoms with E-state index in [2.05, 4.69) is 9.71 Å². The molecule has 3 N–H and O–H groups in total. The van der Waals surface area contributed by atoms with Gasteiger partial charge in [-0.1, -0.05) is 0 Å². The van der Waals surface area contributed by atoms with Gasteiger partial charge in [-0.15, -0.1) is 11.3 Å². The van der Waals surface area contributed by atoms with E-state index in [4.69, 9.17) is 10.5 Å². The lowest BCUT2D eigenvalue weighted by Gasteiger charge is -2.08. The van der Waals surface area contributed by atoms with E-state index in [1.54, 1.807) is 0 Å². The molecule has 0 radical (unpaired) electrons. The molecule has 1 aliphatic carbocycles. The van der Waals surface area contributed by atoms with Crippen molar-refractivity contribution in [3.8, 4) is 5.75 Å². The first-order valence-electron chi connectivity index (χ1n) is 6.44. The number of aromatic nitrogens is 1. The van der Waals surface area contributed by atoms with Gasteiger partial charge in [0.05, 0.1) is 23.4 Å². The number of benzene rings is 1. The molecule has 0 amide bonds. The summed E-state index contributed by atoms with van der Waals surface area (Å²) in [6.07, 6.45) is 2.99. The highest BCUT2D eigenvalue weighted by molar-refractivity contribution is 7.93. The van der Waals surface area contributed by atoms with E-state index >= 15 is 0 Å². The number of methoxy groups -OCH3 is 1. The van der Waals surface area contributed by atoms with Gasteiger partial charge < -0.3 is 10.5 Å². The number of nitrogens with zero attached hydrogens (tertiary/aromatic N) is 1. The second kappa shape index (κ2) is 5.19. The quantitative estimate of drug-likeness (QED) is 0.839. The summed E-state index contributed by atoms with van der Waals surface area (Å²) in [6, 6.07) is 4.37. The van der Waals surface area contributed by atoms with Gasteiger partial charge in [-0.2, -0.15) is 0 Å². The van der Waals surface area contributed by atoms with Crippen LogP contribution in [0.4, 0.5) is 10.8 Å². The minimum atomic E-state index is -3.69. The Kier molecular flexibility index (Phi) is 3.50. The van der Waals surface area contributed by atoms with Crippen molar-refractivity contribution in [2.75, 3.05) is 17.6 Å². The molecular weight excluding hydrogens is 310 g/mol. The Hall–Kier alpha value is -1.80. The molecule has 1 heterocycles. The molecule has 0 fully saturated rings. The Morgan fingerprint density at radius 2 is 2.19 bits per heavy atom. The fraction of sp³-hybridized carbons (Fsp3) is 0.308. The molecule has 3 rings (SSSR count). The van der Waals surface area contributed by atoms with Crippen LogP contribution in [0.3, 0.4) is 0 Å². The third kappa shape index (κ3) is 2.68. The number of ether oxygens (including phenoxy) is 1. The molecule has 0 saturated carbocycles. The highest BCUT2D eigenvalue weighted by Gasteiger charge is 2.21. The van der Waals surface area contributed by atoms with Crippen LogP contribution in [0.15, 0.2) is 23.1 Å². The Morgan fingerprint density at radius 3 is 2.86 bits per heavy atom. The Bertz CT molecular complexity index is 762. The number of nitrogen functional groups attached to an aromatic ring is 1. The van der Waals surface area contributed by atoms with Crippen molar-refractivity contribution in [3.63, 3.8) is 0 Å². The highest BCUT2D eigenvalue weighted by Crippen LogP contribution is 2.32. The van der Waals surface area contributed by atoms with Gasteiger partial charge in [0.15, 0.2) is 5.13 Å². The van der Waals surface area contributed by atoms with Crippen molar-refractivity contribution in [1.82, 2.24) is 4.98 Å². The molecule has 1 aliphatic rings. The summed E-state index contributed by atoms with van der Waals surface area (Å²) >= 11 is 1.40. The fourth-order valence-corrected chi connectivity index (χ4v) is 4.61. The number of hydrogen-bond donors (Lipinski definition) is 2.